The fraction of sp³-hybridized carbons (Fsp3) is 0.500. The lowest BCUT2D eigenvalue weighted by atomic mass is 9.95. The minimum atomic E-state index is -0.506. The lowest BCUT2D eigenvalue weighted by molar-refractivity contribution is 0.542. The predicted molar refractivity (Wildman–Crippen MR) is 54.3 cm³/mol. The van der Waals surface area contributed by atoms with Gasteiger partial charge < -0.3 is 0 Å². The van der Waals surface area contributed by atoms with E-state index < -0.39 is 11.6 Å². The van der Waals surface area contributed by atoms with Gasteiger partial charge in [-0.25, -0.2) is 8.78 Å². The maximum atomic E-state index is 13.3. The largest absolute Gasteiger partial charge is 0.207 e. The van der Waals surface area contributed by atoms with E-state index in [0.717, 1.165) is 25.3 Å². The fourth-order valence-electron chi connectivity index (χ4n) is 1.57. The number of halogens is 2. The number of unbranched alkanes of at least 4 members (excludes halogenated alkanes) is 1. The number of hydrogen-bond acceptors (Lipinski definition) is 0. The predicted octanol–water partition coefficient (Wildman–Crippen LogP) is 4.26. The van der Waals surface area contributed by atoms with Crippen molar-refractivity contribution in [2.45, 2.75) is 39.0 Å². The molecule has 1 atom stereocenters. The Morgan fingerprint density at radius 1 is 1.29 bits per heavy atom. The molecule has 1 aromatic rings. The molecule has 0 aliphatic rings. The summed E-state index contributed by atoms with van der Waals surface area (Å²) in [6.45, 7) is 4.08. The average Bonchev–Trinajstić information content (AvgIpc) is 2.14. The summed E-state index contributed by atoms with van der Waals surface area (Å²) >= 11 is 0. The summed E-state index contributed by atoms with van der Waals surface area (Å²) in [6.07, 6.45) is 3.14. The quantitative estimate of drug-likeness (QED) is 0.678. The zero-order valence-electron chi connectivity index (χ0n) is 8.69. The average molecular weight is 198 g/mol. The van der Waals surface area contributed by atoms with Gasteiger partial charge in [-0.05, 0) is 24.0 Å². The highest BCUT2D eigenvalue weighted by Gasteiger charge is 2.10. The zero-order chi connectivity index (χ0) is 10.6. The third kappa shape index (κ3) is 2.79. The fourth-order valence-corrected chi connectivity index (χ4v) is 1.57. The first-order valence-electron chi connectivity index (χ1n) is 5.10. The molecule has 0 aliphatic carbocycles. The molecular formula is C12H16F2. The van der Waals surface area contributed by atoms with Gasteiger partial charge in [0.25, 0.3) is 0 Å². The number of rotatable bonds is 4. The first-order chi connectivity index (χ1) is 6.65. The Morgan fingerprint density at radius 2 is 2.00 bits per heavy atom. The van der Waals surface area contributed by atoms with Gasteiger partial charge in [0.1, 0.15) is 11.6 Å². The van der Waals surface area contributed by atoms with Gasteiger partial charge in [0.15, 0.2) is 0 Å². The van der Waals surface area contributed by atoms with Gasteiger partial charge in [-0.2, -0.15) is 0 Å². The molecule has 0 saturated heterocycles. The van der Waals surface area contributed by atoms with Gasteiger partial charge in [-0.1, -0.05) is 32.8 Å². The smallest absolute Gasteiger partial charge is 0.129 e. The Hall–Kier alpha value is -0.920. The lowest BCUT2D eigenvalue weighted by Crippen LogP contribution is -1.98. The topological polar surface area (TPSA) is 0 Å². The van der Waals surface area contributed by atoms with Crippen LogP contribution in [0.25, 0.3) is 0 Å². The minimum Gasteiger partial charge on any atom is -0.207 e. The molecule has 0 unspecified atom stereocenters. The van der Waals surface area contributed by atoms with Gasteiger partial charge in [-0.15, -0.1) is 0 Å². The van der Waals surface area contributed by atoms with E-state index in [9.17, 15) is 8.78 Å². The Bertz CT molecular complexity index is 294. The van der Waals surface area contributed by atoms with Crippen molar-refractivity contribution < 1.29 is 8.78 Å². The highest BCUT2D eigenvalue weighted by atomic mass is 19.1. The molecule has 1 aromatic carbocycles. The maximum absolute atomic E-state index is 13.3. The molecule has 0 N–H and O–H groups in total. The van der Waals surface area contributed by atoms with Gasteiger partial charge in [-0.3, -0.25) is 0 Å². The summed E-state index contributed by atoms with van der Waals surface area (Å²) in [7, 11) is 0. The highest BCUT2D eigenvalue weighted by Crippen LogP contribution is 2.24. The third-order valence-electron chi connectivity index (χ3n) is 2.48. The van der Waals surface area contributed by atoms with E-state index in [1.54, 1.807) is 6.07 Å². The normalized spacial score (nSPS) is 12.9. The van der Waals surface area contributed by atoms with Crippen molar-refractivity contribution in [1.29, 1.82) is 0 Å². The van der Waals surface area contributed by atoms with Crippen molar-refractivity contribution in [3.05, 3.63) is 35.4 Å². The Balaban J connectivity index is 2.74. The van der Waals surface area contributed by atoms with Gasteiger partial charge in [0.2, 0.25) is 0 Å². The van der Waals surface area contributed by atoms with Crippen molar-refractivity contribution in [3.8, 4) is 0 Å². The van der Waals surface area contributed by atoms with E-state index in [0.29, 0.717) is 5.56 Å². The summed E-state index contributed by atoms with van der Waals surface area (Å²) in [5.74, 6) is -0.752. The Labute approximate surface area is 84.0 Å². The van der Waals surface area contributed by atoms with Crippen molar-refractivity contribution in [2.75, 3.05) is 0 Å². The van der Waals surface area contributed by atoms with Gasteiger partial charge >= 0.3 is 0 Å². The van der Waals surface area contributed by atoms with Gasteiger partial charge in [0.05, 0.1) is 0 Å². The van der Waals surface area contributed by atoms with Crippen LogP contribution < -0.4 is 0 Å². The molecule has 0 heterocycles. The highest BCUT2D eigenvalue weighted by molar-refractivity contribution is 5.21. The molecule has 1 rings (SSSR count). The Kier molecular flexibility index (Phi) is 4.05. The van der Waals surface area contributed by atoms with Crippen molar-refractivity contribution in [1.82, 2.24) is 0 Å². The van der Waals surface area contributed by atoms with Crippen LogP contribution in [0.15, 0.2) is 18.2 Å². The van der Waals surface area contributed by atoms with Crippen LogP contribution in [0.1, 0.15) is 44.6 Å². The van der Waals surface area contributed by atoms with E-state index in [4.69, 9.17) is 0 Å². The molecule has 0 radical (unpaired) electrons. The summed E-state index contributed by atoms with van der Waals surface area (Å²) < 4.78 is 25.9. The van der Waals surface area contributed by atoms with Crippen LogP contribution in [0, 0.1) is 11.6 Å². The lowest BCUT2D eigenvalue weighted by Gasteiger charge is -2.11. The maximum Gasteiger partial charge on any atom is 0.129 e. The van der Waals surface area contributed by atoms with E-state index in [1.807, 2.05) is 6.92 Å². The van der Waals surface area contributed by atoms with Crippen LogP contribution in [0.5, 0.6) is 0 Å². The first kappa shape index (κ1) is 11.2. The third-order valence-corrected chi connectivity index (χ3v) is 2.48. The van der Waals surface area contributed by atoms with E-state index in [1.165, 1.54) is 6.07 Å². The molecule has 0 aromatic heterocycles. The van der Waals surface area contributed by atoms with Crippen molar-refractivity contribution >= 4 is 0 Å². The van der Waals surface area contributed by atoms with E-state index in [-0.39, 0.29) is 5.92 Å². The van der Waals surface area contributed by atoms with Crippen LogP contribution in [0.4, 0.5) is 8.78 Å². The zero-order valence-corrected chi connectivity index (χ0v) is 8.69. The van der Waals surface area contributed by atoms with Crippen LogP contribution in [-0.2, 0) is 0 Å². The van der Waals surface area contributed by atoms with E-state index >= 15 is 0 Å². The van der Waals surface area contributed by atoms with Crippen molar-refractivity contribution in [3.63, 3.8) is 0 Å². The second-order valence-corrected chi connectivity index (χ2v) is 3.71. The van der Waals surface area contributed by atoms with Crippen LogP contribution in [-0.4, -0.2) is 0 Å². The minimum absolute atomic E-state index is 0.176. The van der Waals surface area contributed by atoms with Crippen molar-refractivity contribution in [2.24, 2.45) is 0 Å². The van der Waals surface area contributed by atoms with E-state index in [2.05, 4.69) is 6.92 Å². The molecule has 14 heavy (non-hydrogen) atoms. The number of hydrogen-bond donors (Lipinski definition) is 0. The summed E-state index contributed by atoms with van der Waals surface area (Å²) in [6, 6.07) is 3.82. The van der Waals surface area contributed by atoms with Crippen LogP contribution >= 0.6 is 0 Å². The summed E-state index contributed by atoms with van der Waals surface area (Å²) in [4.78, 5) is 0. The second-order valence-electron chi connectivity index (χ2n) is 3.71. The molecule has 78 valence electrons. The molecule has 0 aliphatic heterocycles. The van der Waals surface area contributed by atoms with Crippen LogP contribution in [0.2, 0.25) is 0 Å². The molecule has 2 heteroatoms. The summed E-state index contributed by atoms with van der Waals surface area (Å²) in [5, 5.41) is 0. The first-order valence-corrected chi connectivity index (χ1v) is 5.10. The molecule has 0 amide bonds. The molecule has 0 fully saturated rings. The second kappa shape index (κ2) is 5.08. The van der Waals surface area contributed by atoms with Gasteiger partial charge in [0, 0.05) is 6.07 Å². The molecule has 0 bridgehead atoms. The molecule has 0 nitrogen and oxygen atoms in total. The monoisotopic (exact) mass is 198 g/mol. The number of benzene rings is 1. The molecule has 0 spiro atoms. The Morgan fingerprint density at radius 3 is 2.57 bits per heavy atom. The van der Waals surface area contributed by atoms with Crippen LogP contribution in [0.3, 0.4) is 0 Å². The molecular weight excluding hydrogens is 182 g/mol. The summed E-state index contributed by atoms with van der Waals surface area (Å²) in [5.41, 5.74) is 0.625. The molecule has 0 saturated carbocycles. The SMILES string of the molecule is CCCC[C@@H](C)c1ccc(F)cc1F. The standard InChI is InChI=1S/C12H16F2/c1-3-4-5-9(2)11-7-6-10(13)8-12(11)14/h6-9H,3-5H2,1-2H3/t9-/m1/s1.